The summed E-state index contributed by atoms with van der Waals surface area (Å²) in [6.45, 7) is 6.73. The molecular weight excluding hydrogens is 270 g/mol. The van der Waals surface area contributed by atoms with Crippen LogP contribution in [0.5, 0.6) is 0 Å². The molecule has 0 saturated carbocycles. The first kappa shape index (κ1) is 16.1. The van der Waals surface area contributed by atoms with Crippen molar-refractivity contribution in [2.45, 2.75) is 32.6 Å². The number of carbonyl (C=O) groups excluding carboxylic acids is 2. The van der Waals surface area contributed by atoms with Gasteiger partial charge in [0.2, 0.25) is 5.91 Å². The molecule has 2 saturated heterocycles. The molecule has 6 nitrogen and oxygen atoms in total. The molecule has 3 amide bonds. The molecule has 2 rings (SSSR count). The van der Waals surface area contributed by atoms with Gasteiger partial charge >= 0.3 is 6.03 Å². The molecule has 1 N–H and O–H groups in total. The van der Waals surface area contributed by atoms with Crippen LogP contribution in [0.15, 0.2) is 0 Å². The second kappa shape index (κ2) is 8.22. The van der Waals surface area contributed by atoms with E-state index in [0.29, 0.717) is 39.4 Å². The van der Waals surface area contributed by atoms with Gasteiger partial charge in [-0.15, -0.1) is 0 Å². The molecular formula is C15H27N3O3. The van der Waals surface area contributed by atoms with Gasteiger partial charge in [-0.05, 0) is 19.3 Å². The Kier molecular flexibility index (Phi) is 6.29. The topological polar surface area (TPSA) is 61.9 Å². The minimum atomic E-state index is -0.0474. The summed E-state index contributed by atoms with van der Waals surface area (Å²) in [6, 6.07) is -0.0251. The molecule has 0 aromatic heterocycles. The number of nitrogens with one attached hydrogen (secondary N) is 1. The standard InChI is InChI=1S/C15H27N3O3/c1-2-3-6-16-15(20)18-7-4-5-13(12-18)14(19)17-8-10-21-11-9-17/h13H,2-12H2,1H3,(H,16,20)/t13-/m0/s1. The first-order valence-corrected chi connectivity index (χ1v) is 8.11. The summed E-state index contributed by atoms with van der Waals surface area (Å²) in [5.41, 5.74) is 0. The number of amides is 3. The number of nitrogens with zero attached hydrogens (tertiary/aromatic N) is 2. The average molecular weight is 297 g/mol. The number of hydrogen-bond donors (Lipinski definition) is 1. The molecule has 2 heterocycles. The summed E-state index contributed by atoms with van der Waals surface area (Å²) in [5, 5.41) is 2.93. The Bertz CT molecular complexity index is 356. The molecule has 21 heavy (non-hydrogen) atoms. The molecule has 0 bridgehead atoms. The second-order valence-electron chi connectivity index (χ2n) is 5.81. The molecule has 0 radical (unpaired) electrons. The van der Waals surface area contributed by atoms with Gasteiger partial charge < -0.3 is 19.9 Å². The van der Waals surface area contributed by atoms with Crippen molar-refractivity contribution in [1.82, 2.24) is 15.1 Å². The molecule has 1 atom stereocenters. The summed E-state index contributed by atoms with van der Waals surface area (Å²) >= 11 is 0. The van der Waals surface area contributed by atoms with E-state index in [1.165, 1.54) is 0 Å². The molecule has 0 aromatic rings. The van der Waals surface area contributed by atoms with E-state index in [2.05, 4.69) is 12.2 Å². The Balaban J connectivity index is 1.81. The highest BCUT2D eigenvalue weighted by Crippen LogP contribution is 2.19. The fourth-order valence-corrected chi connectivity index (χ4v) is 2.89. The Morgan fingerprint density at radius 2 is 1.95 bits per heavy atom. The third-order valence-electron chi connectivity index (χ3n) is 4.19. The third-order valence-corrected chi connectivity index (χ3v) is 4.19. The molecule has 2 aliphatic heterocycles. The SMILES string of the molecule is CCCCNC(=O)N1CCC[C@H](C(=O)N2CCOCC2)C1. The van der Waals surface area contributed by atoms with Crippen LogP contribution in [0, 0.1) is 5.92 Å². The first-order valence-electron chi connectivity index (χ1n) is 8.11. The zero-order valence-electron chi connectivity index (χ0n) is 13.0. The van der Waals surface area contributed by atoms with E-state index in [1.807, 2.05) is 4.90 Å². The van der Waals surface area contributed by atoms with Crippen LogP contribution in [0.25, 0.3) is 0 Å². The average Bonchev–Trinajstić information content (AvgIpc) is 2.55. The largest absolute Gasteiger partial charge is 0.378 e. The van der Waals surface area contributed by atoms with Crippen molar-refractivity contribution in [3.05, 3.63) is 0 Å². The van der Waals surface area contributed by atoms with Crippen molar-refractivity contribution in [2.24, 2.45) is 5.92 Å². The third kappa shape index (κ3) is 4.59. The number of morpholine rings is 1. The predicted molar refractivity (Wildman–Crippen MR) is 80.0 cm³/mol. The maximum Gasteiger partial charge on any atom is 0.317 e. The highest BCUT2D eigenvalue weighted by Gasteiger charge is 2.31. The minimum absolute atomic E-state index is 0.0251. The zero-order chi connectivity index (χ0) is 15.1. The van der Waals surface area contributed by atoms with Crippen LogP contribution in [0.1, 0.15) is 32.6 Å². The van der Waals surface area contributed by atoms with Crippen molar-refractivity contribution < 1.29 is 14.3 Å². The van der Waals surface area contributed by atoms with Gasteiger partial charge in [0.05, 0.1) is 19.1 Å². The van der Waals surface area contributed by atoms with Crippen molar-refractivity contribution in [2.75, 3.05) is 45.9 Å². The Hall–Kier alpha value is -1.30. The Morgan fingerprint density at radius 1 is 1.19 bits per heavy atom. The molecule has 0 aromatic carbocycles. The fourth-order valence-electron chi connectivity index (χ4n) is 2.89. The number of carbonyl (C=O) groups is 2. The molecule has 2 aliphatic rings. The zero-order valence-corrected chi connectivity index (χ0v) is 13.0. The minimum Gasteiger partial charge on any atom is -0.378 e. The highest BCUT2D eigenvalue weighted by molar-refractivity contribution is 5.81. The van der Waals surface area contributed by atoms with Crippen molar-refractivity contribution in [1.29, 1.82) is 0 Å². The lowest BCUT2D eigenvalue weighted by Crippen LogP contribution is -2.51. The second-order valence-corrected chi connectivity index (χ2v) is 5.81. The molecule has 2 fully saturated rings. The van der Waals surface area contributed by atoms with E-state index in [-0.39, 0.29) is 17.9 Å². The van der Waals surface area contributed by atoms with Crippen LogP contribution in [-0.2, 0) is 9.53 Å². The number of urea groups is 1. The predicted octanol–water partition coefficient (Wildman–Crippen LogP) is 1.07. The van der Waals surface area contributed by atoms with Gasteiger partial charge in [0.15, 0.2) is 0 Å². The van der Waals surface area contributed by atoms with Crippen molar-refractivity contribution in [3.8, 4) is 0 Å². The van der Waals surface area contributed by atoms with E-state index < -0.39 is 0 Å². The number of likely N-dealkylation sites (tertiary alicyclic amines) is 1. The molecule has 0 aliphatic carbocycles. The Morgan fingerprint density at radius 3 is 2.67 bits per heavy atom. The molecule has 6 heteroatoms. The van der Waals surface area contributed by atoms with E-state index in [1.54, 1.807) is 4.90 Å². The van der Waals surface area contributed by atoms with Crippen molar-refractivity contribution in [3.63, 3.8) is 0 Å². The van der Waals surface area contributed by atoms with Crippen LogP contribution in [0.3, 0.4) is 0 Å². The van der Waals surface area contributed by atoms with Gasteiger partial charge in [-0.2, -0.15) is 0 Å². The lowest BCUT2D eigenvalue weighted by atomic mass is 9.96. The molecule has 0 unspecified atom stereocenters. The quantitative estimate of drug-likeness (QED) is 0.790. The first-order chi connectivity index (χ1) is 10.2. The summed E-state index contributed by atoms with van der Waals surface area (Å²) < 4.78 is 5.28. The monoisotopic (exact) mass is 297 g/mol. The number of rotatable bonds is 4. The van der Waals surface area contributed by atoms with Crippen LogP contribution in [0.4, 0.5) is 4.79 Å². The van der Waals surface area contributed by atoms with Gasteiger partial charge in [0, 0.05) is 32.7 Å². The van der Waals surface area contributed by atoms with E-state index in [0.717, 1.165) is 32.2 Å². The summed E-state index contributed by atoms with van der Waals surface area (Å²) in [5.74, 6) is 0.137. The lowest BCUT2D eigenvalue weighted by molar-refractivity contribution is -0.141. The van der Waals surface area contributed by atoms with E-state index >= 15 is 0 Å². The van der Waals surface area contributed by atoms with Gasteiger partial charge in [0.1, 0.15) is 0 Å². The van der Waals surface area contributed by atoms with Gasteiger partial charge in [0.25, 0.3) is 0 Å². The number of hydrogen-bond acceptors (Lipinski definition) is 3. The summed E-state index contributed by atoms with van der Waals surface area (Å²) in [6.07, 6.45) is 3.85. The van der Waals surface area contributed by atoms with Crippen LogP contribution in [-0.4, -0.2) is 67.7 Å². The van der Waals surface area contributed by atoms with Crippen LogP contribution >= 0.6 is 0 Å². The Labute approximate surface area is 126 Å². The molecule has 0 spiro atoms. The van der Waals surface area contributed by atoms with E-state index in [4.69, 9.17) is 4.74 Å². The van der Waals surface area contributed by atoms with E-state index in [9.17, 15) is 9.59 Å². The van der Waals surface area contributed by atoms with Gasteiger partial charge in [-0.3, -0.25) is 4.79 Å². The molecule has 120 valence electrons. The lowest BCUT2D eigenvalue weighted by Gasteiger charge is -2.36. The van der Waals surface area contributed by atoms with Gasteiger partial charge in [-0.25, -0.2) is 4.79 Å². The number of ether oxygens (including phenoxy) is 1. The highest BCUT2D eigenvalue weighted by atomic mass is 16.5. The number of unbranched alkanes of at least 4 members (excludes halogenated alkanes) is 1. The van der Waals surface area contributed by atoms with Crippen LogP contribution in [0.2, 0.25) is 0 Å². The van der Waals surface area contributed by atoms with Crippen LogP contribution < -0.4 is 5.32 Å². The number of piperidine rings is 1. The summed E-state index contributed by atoms with van der Waals surface area (Å²) in [4.78, 5) is 28.3. The fraction of sp³-hybridized carbons (Fsp3) is 0.867. The maximum absolute atomic E-state index is 12.5. The normalized spacial score (nSPS) is 23.0. The smallest absolute Gasteiger partial charge is 0.317 e. The van der Waals surface area contributed by atoms with Gasteiger partial charge in [-0.1, -0.05) is 13.3 Å². The van der Waals surface area contributed by atoms with Crippen molar-refractivity contribution >= 4 is 11.9 Å². The maximum atomic E-state index is 12.5. The summed E-state index contributed by atoms with van der Waals surface area (Å²) in [7, 11) is 0.